The topological polar surface area (TPSA) is 63.8 Å². The van der Waals surface area contributed by atoms with E-state index >= 15 is 0 Å². The second-order valence-corrected chi connectivity index (χ2v) is 7.85. The summed E-state index contributed by atoms with van der Waals surface area (Å²) >= 11 is 3.58. The van der Waals surface area contributed by atoms with Crippen molar-refractivity contribution in [1.29, 1.82) is 0 Å². The van der Waals surface area contributed by atoms with E-state index in [0.717, 1.165) is 27.1 Å². The van der Waals surface area contributed by atoms with Crippen LogP contribution in [0.4, 0.5) is 5.82 Å². The largest absolute Gasteiger partial charge is 0.369 e. The molecule has 134 valence electrons. The highest BCUT2D eigenvalue weighted by Gasteiger charge is 2.27. The molecule has 0 aliphatic rings. The normalized spacial score (nSPS) is 12.6. The number of benzene rings is 1. The molecule has 0 saturated heterocycles. The minimum Gasteiger partial charge on any atom is -0.369 e. The first-order valence-corrected chi connectivity index (χ1v) is 9.38. The maximum atomic E-state index is 6.51. The zero-order valence-corrected chi connectivity index (χ0v) is 16.6. The summed E-state index contributed by atoms with van der Waals surface area (Å²) in [5.74, 6) is 0.827. The van der Waals surface area contributed by atoms with Crippen molar-refractivity contribution in [2.45, 2.75) is 19.9 Å². The maximum absolute atomic E-state index is 6.51. The minimum atomic E-state index is -0.132. The Morgan fingerprint density at radius 2 is 1.73 bits per heavy atom. The number of pyridine rings is 2. The Morgan fingerprint density at radius 3 is 2.42 bits per heavy atom. The lowest BCUT2D eigenvalue weighted by molar-refractivity contribution is 0.310. The summed E-state index contributed by atoms with van der Waals surface area (Å²) in [5, 5.41) is 3.45. The van der Waals surface area contributed by atoms with Gasteiger partial charge in [-0.25, -0.2) is 4.98 Å². The van der Waals surface area contributed by atoms with E-state index in [1.54, 1.807) is 12.4 Å². The molecule has 3 aromatic rings. The lowest BCUT2D eigenvalue weighted by Crippen LogP contribution is -2.35. The molecule has 0 amide bonds. The summed E-state index contributed by atoms with van der Waals surface area (Å²) in [6.07, 6.45) is 3.54. The molecule has 0 radical (unpaired) electrons. The van der Waals surface area contributed by atoms with Gasteiger partial charge in [0, 0.05) is 40.4 Å². The highest BCUT2D eigenvalue weighted by Crippen LogP contribution is 2.32. The third kappa shape index (κ3) is 4.29. The number of nitrogens with two attached hydrogens (primary N) is 1. The molecule has 1 atom stereocenters. The minimum absolute atomic E-state index is 0.0636. The summed E-state index contributed by atoms with van der Waals surface area (Å²) in [4.78, 5) is 8.82. The molecule has 0 unspecified atom stereocenters. The number of nitrogens with one attached hydrogen (secondary N) is 1. The molecule has 4 nitrogen and oxygen atoms in total. The summed E-state index contributed by atoms with van der Waals surface area (Å²) < 4.78 is 0.953. The molecule has 0 aliphatic carbocycles. The second kappa shape index (κ2) is 7.98. The first kappa shape index (κ1) is 18.5. The fourth-order valence-corrected chi connectivity index (χ4v) is 3.24. The molecule has 0 spiro atoms. The molecule has 0 bridgehead atoms. The van der Waals surface area contributed by atoms with Gasteiger partial charge in [-0.05, 0) is 45.8 Å². The maximum Gasteiger partial charge on any atom is 0.126 e. The zero-order chi connectivity index (χ0) is 18.6. The molecule has 3 rings (SSSR count). The van der Waals surface area contributed by atoms with Crippen LogP contribution in [0.3, 0.4) is 0 Å². The highest BCUT2D eigenvalue weighted by molar-refractivity contribution is 9.10. The van der Waals surface area contributed by atoms with Gasteiger partial charge in [0.1, 0.15) is 5.82 Å². The van der Waals surface area contributed by atoms with Gasteiger partial charge in [0.05, 0.1) is 5.69 Å². The van der Waals surface area contributed by atoms with Crippen molar-refractivity contribution in [2.24, 2.45) is 11.1 Å². The summed E-state index contributed by atoms with van der Waals surface area (Å²) in [6.45, 7) is 5.05. The van der Waals surface area contributed by atoms with Gasteiger partial charge in [0.15, 0.2) is 0 Å². The number of aromatic nitrogens is 2. The van der Waals surface area contributed by atoms with Crippen LogP contribution in [-0.2, 0) is 0 Å². The summed E-state index contributed by atoms with van der Waals surface area (Å²) in [6, 6.07) is 18.0. The number of halogens is 1. The first-order valence-electron chi connectivity index (χ1n) is 8.59. The van der Waals surface area contributed by atoms with Crippen LogP contribution in [0.15, 0.2) is 71.5 Å². The van der Waals surface area contributed by atoms with Crippen LogP contribution < -0.4 is 11.1 Å². The monoisotopic (exact) mass is 410 g/mol. The first-order chi connectivity index (χ1) is 12.5. The Labute approximate surface area is 163 Å². The van der Waals surface area contributed by atoms with Crippen LogP contribution in [0.25, 0.3) is 11.3 Å². The molecule has 0 aliphatic heterocycles. The SMILES string of the molecule is CC(C)(CNc1ccc(Br)c(-c2ccncc2)n1)[C@H](N)c1ccccc1. The molecule has 2 aromatic heterocycles. The van der Waals surface area contributed by atoms with E-state index in [9.17, 15) is 0 Å². The Morgan fingerprint density at radius 1 is 1.04 bits per heavy atom. The van der Waals surface area contributed by atoms with Crippen LogP contribution in [0.2, 0.25) is 0 Å². The lowest BCUT2D eigenvalue weighted by atomic mass is 9.81. The molecule has 2 heterocycles. The summed E-state index contributed by atoms with van der Waals surface area (Å²) in [5.41, 5.74) is 9.43. The highest BCUT2D eigenvalue weighted by atomic mass is 79.9. The molecule has 5 heteroatoms. The lowest BCUT2D eigenvalue weighted by Gasteiger charge is -2.32. The molecular formula is C21H23BrN4. The van der Waals surface area contributed by atoms with E-state index in [2.05, 4.69) is 52.2 Å². The average Bonchev–Trinajstić information content (AvgIpc) is 2.68. The van der Waals surface area contributed by atoms with Gasteiger partial charge in [0.2, 0.25) is 0 Å². The standard InChI is InChI=1S/C21H23BrN4/c1-21(2,20(23)16-6-4-3-5-7-16)14-25-18-9-8-17(22)19(26-18)15-10-12-24-13-11-15/h3-13,20H,14,23H2,1-2H3,(H,25,26)/t20-/m1/s1. The van der Waals surface area contributed by atoms with Crippen LogP contribution in [0, 0.1) is 5.41 Å². The van der Waals surface area contributed by atoms with Crippen LogP contribution >= 0.6 is 15.9 Å². The van der Waals surface area contributed by atoms with E-state index < -0.39 is 0 Å². The van der Waals surface area contributed by atoms with Gasteiger partial charge >= 0.3 is 0 Å². The van der Waals surface area contributed by atoms with E-state index in [0.29, 0.717) is 6.54 Å². The molecule has 0 saturated carbocycles. The van der Waals surface area contributed by atoms with E-state index in [4.69, 9.17) is 10.7 Å². The van der Waals surface area contributed by atoms with Crippen molar-refractivity contribution >= 4 is 21.7 Å². The second-order valence-electron chi connectivity index (χ2n) is 6.99. The molecular weight excluding hydrogens is 388 g/mol. The van der Waals surface area contributed by atoms with E-state index in [1.807, 2.05) is 42.5 Å². The van der Waals surface area contributed by atoms with Crippen LogP contribution in [-0.4, -0.2) is 16.5 Å². The van der Waals surface area contributed by atoms with Gasteiger partial charge < -0.3 is 11.1 Å². The van der Waals surface area contributed by atoms with Crippen LogP contribution in [0.5, 0.6) is 0 Å². The number of nitrogens with zero attached hydrogens (tertiary/aromatic N) is 2. The van der Waals surface area contributed by atoms with Gasteiger partial charge in [-0.2, -0.15) is 0 Å². The third-order valence-corrected chi connectivity index (χ3v) is 5.17. The van der Waals surface area contributed by atoms with Crippen molar-refractivity contribution in [3.05, 3.63) is 77.0 Å². The predicted octanol–water partition coefficient (Wildman–Crippen LogP) is 5.04. The third-order valence-electron chi connectivity index (χ3n) is 4.53. The number of hydrogen-bond acceptors (Lipinski definition) is 4. The fourth-order valence-electron chi connectivity index (χ4n) is 2.79. The molecule has 1 aromatic carbocycles. The zero-order valence-electron chi connectivity index (χ0n) is 15.0. The van der Waals surface area contributed by atoms with Crippen molar-refractivity contribution in [3.8, 4) is 11.3 Å². The van der Waals surface area contributed by atoms with Crippen molar-refractivity contribution in [1.82, 2.24) is 9.97 Å². The van der Waals surface area contributed by atoms with Crippen molar-refractivity contribution in [2.75, 3.05) is 11.9 Å². The Kier molecular flexibility index (Phi) is 5.69. The number of rotatable bonds is 6. The Hall–Kier alpha value is -2.24. The molecule has 26 heavy (non-hydrogen) atoms. The van der Waals surface area contributed by atoms with Gasteiger partial charge in [-0.15, -0.1) is 0 Å². The fraction of sp³-hybridized carbons (Fsp3) is 0.238. The molecule has 0 fully saturated rings. The van der Waals surface area contributed by atoms with Crippen molar-refractivity contribution in [3.63, 3.8) is 0 Å². The van der Waals surface area contributed by atoms with Gasteiger partial charge in [-0.1, -0.05) is 44.2 Å². The number of anilines is 1. The van der Waals surface area contributed by atoms with Crippen molar-refractivity contribution < 1.29 is 0 Å². The quantitative estimate of drug-likeness (QED) is 0.596. The van der Waals surface area contributed by atoms with Gasteiger partial charge in [0.25, 0.3) is 0 Å². The Balaban J connectivity index is 1.75. The molecule has 3 N–H and O–H groups in total. The summed E-state index contributed by atoms with van der Waals surface area (Å²) in [7, 11) is 0. The van der Waals surface area contributed by atoms with Crippen LogP contribution in [0.1, 0.15) is 25.5 Å². The van der Waals surface area contributed by atoms with E-state index in [1.165, 1.54) is 0 Å². The predicted molar refractivity (Wildman–Crippen MR) is 111 cm³/mol. The number of hydrogen-bond donors (Lipinski definition) is 2. The average molecular weight is 411 g/mol. The van der Waals surface area contributed by atoms with E-state index in [-0.39, 0.29) is 11.5 Å². The Bertz CT molecular complexity index is 850. The van der Waals surface area contributed by atoms with Gasteiger partial charge in [-0.3, -0.25) is 4.98 Å². The smallest absolute Gasteiger partial charge is 0.126 e.